The SMILES string of the molecule is NC(N)=NCCCC(NC(=O)C1CCCN1C(=O)C(N)Cc1cnc[nH]1)C(=O)NC(CS)C(=O)O. The van der Waals surface area contributed by atoms with E-state index in [1.807, 2.05) is 0 Å². The summed E-state index contributed by atoms with van der Waals surface area (Å²) in [5.74, 6) is -3.08. The van der Waals surface area contributed by atoms with Gasteiger partial charge in [-0.15, -0.1) is 0 Å². The number of carbonyl (C=O) groups is 4. The first kappa shape index (κ1) is 27.9. The van der Waals surface area contributed by atoms with E-state index in [1.54, 1.807) is 6.20 Å². The number of nitrogens with zero attached hydrogens (tertiary/aromatic N) is 3. The van der Waals surface area contributed by atoms with Crippen molar-refractivity contribution in [3.05, 3.63) is 18.2 Å². The van der Waals surface area contributed by atoms with Crippen molar-refractivity contribution in [1.82, 2.24) is 25.5 Å². The standard InChI is InChI=1S/C20H33N9O5S/c21-12(7-11-8-24-10-26-11)18(32)29-6-2-4-15(29)17(31)27-13(3-1-5-25-20(22)23)16(30)28-14(9-35)19(33)34/h8,10,12-15,35H,1-7,9,21H2,(H,24,26)(H,27,31)(H,28,30)(H,33,34)(H4,22,23,25). The van der Waals surface area contributed by atoms with E-state index in [4.69, 9.17) is 17.2 Å². The van der Waals surface area contributed by atoms with Gasteiger partial charge in [0.25, 0.3) is 0 Å². The predicted molar refractivity (Wildman–Crippen MR) is 130 cm³/mol. The first-order valence-electron chi connectivity index (χ1n) is 11.2. The molecule has 0 bridgehead atoms. The number of nitrogens with two attached hydrogens (primary N) is 3. The highest BCUT2D eigenvalue weighted by Gasteiger charge is 2.38. The van der Waals surface area contributed by atoms with Crippen molar-refractivity contribution in [2.45, 2.75) is 56.3 Å². The lowest BCUT2D eigenvalue weighted by Gasteiger charge is -2.28. The number of aliphatic carboxylic acids is 1. The zero-order valence-corrected chi connectivity index (χ0v) is 20.1. The second-order valence-electron chi connectivity index (χ2n) is 8.17. The van der Waals surface area contributed by atoms with E-state index in [0.717, 1.165) is 0 Å². The molecule has 4 atom stereocenters. The summed E-state index contributed by atoms with van der Waals surface area (Å²) in [5, 5.41) is 14.2. The van der Waals surface area contributed by atoms with Crippen LogP contribution in [0.3, 0.4) is 0 Å². The maximum atomic E-state index is 13.1. The smallest absolute Gasteiger partial charge is 0.327 e. The molecule has 1 aliphatic rings. The van der Waals surface area contributed by atoms with E-state index in [1.165, 1.54) is 11.2 Å². The molecule has 3 amide bonds. The minimum atomic E-state index is -1.25. The molecule has 0 spiro atoms. The number of hydrogen-bond acceptors (Lipinski definition) is 8. The number of imidazole rings is 1. The number of guanidine groups is 1. The highest BCUT2D eigenvalue weighted by molar-refractivity contribution is 7.80. The number of thiol groups is 1. The van der Waals surface area contributed by atoms with E-state index in [9.17, 15) is 24.3 Å². The third-order valence-electron chi connectivity index (χ3n) is 5.53. The summed E-state index contributed by atoms with van der Waals surface area (Å²) >= 11 is 3.94. The van der Waals surface area contributed by atoms with Crippen LogP contribution in [0.1, 0.15) is 31.4 Å². The third kappa shape index (κ3) is 8.43. The monoisotopic (exact) mass is 511 g/mol. The number of carboxylic acids is 1. The Morgan fingerprint density at radius 2 is 2.03 bits per heavy atom. The number of hydrogen-bond donors (Lipinski definition) is 8. The Morgan fingerprint density at radius 1 is 1.29 bits per heavy atom. The molecule has 194 valence electrons. The van der Waals surface area contributed by atoms with Crippen LogP contribution in [0.4, 0.5) is 0 Å². The average molecular weight is 512 g/mol. The number of likely N-dealkylation sites (tertiary alicyclic amines) is 1. The average Bonchev–Trinajstić information content (AvgIpc) is 3.50. The number of aliphatic imine (C=N–C) groups is 1. The van der Waals surface area contributed by atoms with Crippen molar-refractivity contribution in [3.63, 3.8) is 0 Å². The van der Waals surface area contributed by atoms with Gasteiger partial charge in [-0.05, 0) is 25.7 Å². The maximum absolute atomic E-state index is 13.1. The van der Waals surface area contributed by atoms with Gasteiger partial charge in [-0.1, -0.05) is 0 Å². The summed E-state index contributed by atoms with van der Waals surface area (Å²) in [6.07, 6.45) is 4.79. The number of aromatic amines is 1. The summed E-state index contributed by atoms with van der Waals surface area (Å²) < 4.78 is 0. The fourth-order valence-corrected chi connectivity index (χ4v) is 3.98. The molecule has 2 heterocycles. The molecule has 35 heavy (non-hydrogen) atoms. The fourth-order valence-electron chi connectivity index (χ4n) is 3.73. The molecular formula is C20H33N9O5S. The first-order valence-corrected chi connectivity index (χ1v) is 11.8. The van der Waals surface area contributed by atoms with Crippen molar-refractivity contribution in [2.75, 3.05) is 18.8 Å². The minimum absolute atomic E-state index is 0.109. The van der Waals surface area contributed by atoms with Gasteiger partial charge in [0.2, 0.25) is 17.7 Å². The maximum Gasteiger partial charge on any atom is 0.327 e. The van der Waals surface area contributed by atoms with Crippen LogP contribution in [0.5, 0.6) is 0 Å². The Kier molecular flexibility index (Phi) is 10.8. The van der Waals surface area contributed by atoms with E-state index >= 15 is 0 Å². The number of H-pyrrole nitrogens is 1. The van der Waals surface area contributed by atoms with Crippen LogP contribution in [-0.4, -0.2) is 92.6 Å². The fraction of sp³-hybridized carbons (Fsp3) is 0.600. The minimum Gasteiger partial charge on any atom is -0.480 e. The van der Waals surface area contributed by atoms with Crippen LogP contribution in [0.2, 0.25) is 0 Å². The molecule has 1 aromatic heterocycles. The summed E-state index contributed by atoms with van der Waals surface area (Å²) in [7, 11) is 0. The van der Waals surface area contributed by atoms with Gasteiger partial charge in [0.05, 0.1) is 12.4 Å². The molecule has 1 aliphatic heterocycles. The Labute approximate surface area is 207 Å². The van der Waals surface area contributed by atoms with E-state index in [0.29, 0.717) is 31.5 Å². The van der Waals surface area contributed by atoms with Gasteiger partial charge < -0.3 is 42.8 Å². The number of carboxylic acid groups (broad SMARTS) is 1. The molecule has 0 saturated carbocycles. The van der Waals surface area contributed by atoms with Gasteiger partial charge in [-0.2, -0.15) is 12.6 Å². The summed E-state index contributed by atoms with van der Waals surface area (Å²) in [4.78, 5) is 62.2. The summed E-state index contributed by atoms with van der Waals surface area (Å²) in [6.45, 7) is 0.573. The van der Waals surface area contributed by atoms with Crippen molar-refractivity contribution < 1.29 is 24.3 Å². The molecule has 0 radical (unpaired) electrons. The van der Waals surface area contributed by atoms with Gasteiger partial charge in [0, 0.05) is 37.2 Å². The van der Waals surface area contributed by atoms with Crippen molar-refractivity contribution >= 4 is 42.3 Å². The number of amides is 3. The number of aromatic nitrogens is 2. The molecule has 1 aromatic rings. The van der Waals surface area contributed by atoms with Crippen molar-refractivity contribution in [2.24, 2.45) is 22.2 Å². The predicted octanol–water partition coefficient (Wildman–Crippen LogP) is -2.69. The molecule has 15 heteroatoms. The van der Waals surface area contributed by atoms with Crippen molar-refractivity contribution in [1.29, 1.82) is 0 Å². The highest BCUT2D eigenvalue weighted by atomic mass is 32.1. The van der Waals surface area contributed by atoms with Gasteiger partial charge >= 0.3 is 5.97 Å². The largest absolute Gasteiger partial charge is 0.480 e. The van der Waals surface area contributed by atoms with Gasteiger partial charge in [-0.3, -0.25) is 19.4 Å². The molecule has 2 rings (SSSR count). The molecule has 14 nitrogen and oxygen atoms in total. The molecule has 4 unspecified atom stereocenters. The quantitative estimate of drug-likeness (QED) is 0.0594. The second kappa shape index (κ2) is 13.5. The number of rotatable bonds is 13. The molecule has 1 fully saturated rings. The van der Waals surface area contributed by atoms with Crippen LogP contribution < -0.4 is 27.8 Å². The van der Waals surface area contributed by atoms with Crippen LogP contribution in [0.25, 0.3) is 0 Å². The van der Waals surface area contributed by atoms with Crippen molar-refractivity contribution in [3.8, 4) is 0 Å². The van der Waals surface area contributed by atoms with Gasteiger partial charge in [0.15, 0.2) is 5.96 Å². The summed E-state index contributed by atoms with van der Waals surface area (Å²) in [6, 6.07) is -3.96. The molecule has 0 aliphatic carbocycles. The lowest BCUT2D eigenvalue weighted by molar-refractivity contribution is -0.142. The van der Waals surface area contributed by atoms with E-state index in [-0.39, 0.29) is 37.0 Å². The van der Waals surface area contributed by atoms with Gasteiger partial charge in [-0.25, -0.2) is 9.78 Å². The lowest BCUT2D eigenvalue weighted by atomic mass is 10.1. The molecule has 1 saturated heterocycles. The molecule has 10 N–H and O–H groups in total. The van der Waals surface area contributed by atoms with E-state index < -0.39 is 42.0 Å². The second-order valence-corrected chi connectivity index (χ2v) is 8.53. The first-order chi connectivity index (χ1) is 16.6. The van der Waals surface area contributed by atoms with Crippen LogP contribution in [0.15, 0.2) is 17.5 Å². The molecule has 0 aromatic carbocycles. The highest BCUT2D eigenvalue weighted by Crippen LogP contribution is 2.19. The number of carbonyl (C=O) groups excluding carboxylic acids is 3. The Balaban J connectivity index is 2.07. The normalized spacial score (nSPS) is 17.8. The number of nitrogens with one attached hydrogen (secondary N) is 3. The van der Waals surface area contributed by atoms with Crippen LogP contribution >= 0.6 is 12.6 Å². The van der Waals surface area contributed by atoms with E-state index in [2.05, 4.69) is 38.2 Å². The zero-order chi connectivity index (χ0) is 26.0. The summed E-state index contributed by atoms with van der Waals surface area (Å²) in [5.41, 5.74) is 17.4. The van der Waals surface area contributed by atoms with Crippen LogP contribution in [0, 0.1) is 0 Å². The zero-order valence-electron chi connectivity index (χ0n) is 19.2. The topological polar surface area (TPSA) is 235 Å². The lowest BCUT2D eigenvalue weighted by Crippen LogP contribution is -2.57. The Bertz CT molecular complexity index is 907. The third-order valence-corrected chi connectivity index (χ3v) is 5.89. The van der Waals surface area contributed by atoms with Gasteiger partial charge in [0.1, 0.15) is 18.1 Å². The Hall–Kier alpha value is -3.33. The Morgan fingerprint density at radius 3 is 2.63 bits per heavy atom. The van der Waals surface area contributed by atoms with Crippen LogP contribution in [-0.2, 0) is 25.6 Å². The molecular weight excluding hydrogens is 478 g/mol.